The number of nitrogens with two attached hydrogens (primary N) is 1. The molecule has 5 nitrogen and oxygen atoms in total. The first kappa shape index (κ1) is 18.0. The maximum Gasteiger partial charge on any atom is 0.253 e. The van der Waals surface area contributed by atoms with E-state index < -0.39 is 0 Å². The molecular formula is C22H27N3O2. The Morgan fingerprint density at radius 3 is 2.37 bits per heavy atom. The number of ether oxygens (including phenoxy) is 1. The Morgan fingerprint density at radius 2 is 1.70 bits per heavy atom. The van der Waals surface area contributed by atoms with Crippen LogP contribution in [-0.4, -0.2) is 56.7 Å². The summed E-state index contributed by atoms with van der Waals surface area (Å²) in [6.45, 7) is 5.37. The minimum Gasteiger partial charge on any atom is -0.378 e. The molecule has 2 aliphatic rings. The smallest absolute Gasteiger partial charge is 0.253 e. The lowest BCUT2D eigenvalue weighted by Gasteiger charge is -2.29. The Hall–Kier alpha value is -2.37. The highest BCUT2D eigenvalue weighted by atomic mass is 16.5. The van der Waals surface area contributed by atoms with E-state index >= 15 is 0 Å². The van der Waals surface area contributed by atoms with Crippen LogP contribution in [-0.2, 0) is 4.74 Å². The van der Waals surface area contributed by atoms with Crippen LogP contribution in [0.1, 0.15) is 21.8 Å². The Morgan fingerprint density at radius 1 is 1.00 bits per heavy atom. The third-order valence-electron chi connectivity index (χ3n) is 5.75. The summed E-state index contributed by atoms with van der Waals surface area (Å²) in [6.07, 6.45) is 0. The fourth-order valence-corrected chi connectivity index (χ4v) is 4.17. The van der Waals surface area contributed by atoms with Crippen LogP contribution in [0.2, 0.25) is 0 Å². The second kappa shape index (κ2) is 8.11. The van der Waals surface area contributed by atoms with Crippen LogP contribution in [0.5, 0.6) is 0 Å². The predicted octanol–water partition coefficient (Wildman–Crippen LogP) is 2.34. The second-order valence-corrected chi connectivity index (χ2v) is 7.37. The number of carbonyl (C=O) groups excluding carboxylic acids is 1. The van der Waals surface area contributed by atoms with Gasteiger partial charge in [0.25, 0.3) is 5.91 Å². The number of hydrogen-bond acceptors (Lipinski definition) is 4. The molecule has 2 heterocycles. The maximum absolute atomic E-state index is 13.0. The van der Waals surface area contributed by atoms with E-state index in [1.54, 1.807) is 0 Å². The first-order chi connectivity index (χ1) is 13.3. The lowest BCUT2D eigenvalue weighted by molar-refractivity contribution is 0.0786. The highest BCUT2D eigenvalue weighted by Crippen LogP contribution is 2.33. The van der Waals surface area contributed by atoms with Crippen LogP contribution < -0.4 is 10.6 Å². The summed E-state index contributed by atoms with van der Waals surface area (Å²) >= 11 is 0. The van der Waals surface area contributed by atoms with Crippen LogP contribution in [0, 0.1) is 5.92 Å². The molecule has 0 bridgehead atoms. The molecular weight excluding hydrogens is 338 g/mol. The van der Waals surface area contributed by atoms with E-state index in [1.165, 1.54) is 5.56 Å². The van der Waals surface area contributed by atoms with Gasteiger partial charge >= 0.3 is 0 Å². The van der Waals surface area contributed by atoms with E-state index in [-0.39, 0.29) is 5.91 Å². The van der Waals surface area contributed by atoms with Crippen molar-refractivity contribution in [1.29, 1.82) is 0 Å². The molecule has 5 heteroatoms. The highest BCUT2D eigenvalue weighted by molar-refractivity contribution is 5.94. The van der Waals surface area contributed by atoms with Crippen LogP contribution in [0.4, 0.5) is 5.69 Å². The van der Waals surface area contributed by atoms with Gasteiger partial charge in [0.15, 0.2) is 0 Å². The SMILES string of the molecule is NC[C@@H]1CN(C(=O)c2ccc(N3CCOCC3)cc2)C[C@H]1c1ccccc1. The van der Waals surface area contributed by atoms with Gasteiger partial charge in [0.1, 0.15) is 0 Å². The zero-order valence-corrected chi connectivity index (χ0v) is 15.6. The predicted molar refractivity (Wildman–Crippen MR) is 107 cm³/mol. The van der Waals surface area contributed by atoms with E-state index in [9.17, 15) is 4.79 Å². The van der Waals surface area contributed by atoms with E-state index in [4.69, 9.17) is 10.5 Å². The molecule has 0 saturated carbocycles. The van der Waals surface area contributed by atoms with Gasteiger partial charge in [-0.25, -0.2) is 0 Å². The first-order valence-corrected chi connectivity index (χ1v) is 9.73. The van der Waals surface area contributed by atoms with Gasteiger partial charge in [-0.1, -0.05) is 30.3 Å². The standard InChI is InChI=1S/C22H27N3O2/c23-14-19-15-25(16-21(19)17-4-2-1-3-5-17)22(26)18-6-8-20(9-7-18)24-10-12-27-13-11-24/h1-9,19,21H,10-16,23H2/t19-,21+/m1/s1. The zero-order chi connectivity index (χ0) is 18.6. The number of carbonyl (C=O) groups is 1. The summed E-state index contributed by atoms with van der Waals surface area (Å²) < 4.78 is 5.41. The number of likely N-dealkylation sites (tertiary alicyclic amines) is 1. The topological polar surface area (TPSA) is 58.8 Å². The van der Waals surface area contributed by atoms with Crippen molar-refractivity contribution < 1.29 is 9.53 Å². The molecule has 2 aromatic carbocycles. The number of morpholine rings is 1. The van der Waals surface area contributed by atoms with Gasteiger partial charge in [-0.05, 0) is 42.3 Å². The lowest BCUT2D eigenvalue weighted by atomic mass is 9.89. The fraction of sp³-hybridized carbons (Fsp3) is 0.409. The van der Waals surface area contributed by atoms with Crippen molar-refractivity contribution in [2.75, 3.05) is 50.8 Å². The quantitative estimate of drug-likeness (QED) is 0.904. The summed E-state index contributed by atoms with van der Waals surface area (Å²) in [5, 5.41) is 0. The number of benzene rings is 2. The third-order valence-corrected chi connectivity index (χ3v) is 5.75. The number of rotatable bonds is 4. The average Bonchev–Trinajstić information content (AvgIpc) is 3.19. The molecule has 2 fully saturated rings. The molecule has 2 aromatic rings. The number of nitrogens with zero attached hydrogens (tertiary/aromatic N) is 2. The van der Waals surface area contributed by atoms with Gasteiger partial charge in [-0.15, -0.1) is 0 Å². The normalized spacial score (nSPS) is 22.9. The van der Waals surface area contributed by atoms with Gasteiger partial charge in [-0.2, -0.15) is 0 Å². The molecule has 4 rings (SSSR count). The van der Waals surface area contributed by atoms with Crippen molar-refractivity contribution in [1.82, 2.24) is 4.90 Å². The van der Waals surface area contributed by atoms with Crippen molar-refractivity contribution in [2.45, 2.75) is 5.92 Å². The van der Waals surface area contributed by atoms with Crippen molar-refractivity contribution in [3.8, 4) is 0 Å². The third kappa shape index (κ3) is 3.84. The molecule has 0 aliphatic carbocycles. The molecule has 2 saturated heterocycles. The maximum atomic E-state index is 13.0. The van der Waals surface area contributed by atoms with Crippen LogP contribution >= 0.6 is 0 Å². The van der Waals surface area contributed by atoms with Gasteiger partial charge in [0.2, 0.25) is 0 Å². The van der Waals surface area contributed by atoms with E-state index in [0.717, 1.165) is 50.6 Å². The van der Waals surface area contributed by atoms with Crippen LogP contribution in [0.25, 0.3) is 0 Å². The van der Waals surface area contributed by atoms with Crippen molar-refractivity contribution in [3.05, 3.63) is 65.7 Å². The monoisotopic (exact) mass is 365 g/mol. The Kier molecular flexibility index (Phi) is 5.41. The van der Waals surface area contributed by atoms with Crippen LogP contribution in [0.15, 0.2) is 54.6 Å². The van der Waals surface area contributed by atoms with Crippen molar-refractivity contribution in [3.63, 3.8) is 0 Å². The largest absolute Gasteiger partial charge is 0.378 e. The minimum atomic E-state index is 0.0976. The Bertz CT molecular complexity index is 757. The van der Waals surface area contributed by atoms with Gasteiger partial charge in [0.05, 0.1) is 13.2 Å². The summed E-state index contributed by atoms with van der Waals surface area (Å²) in [7, 11) is 0. The summed E-state index contributed by atoms with van der Waals surface area (Å²) in [5.74, 6) is 0.720. The zero-order valence-electron chi connectivity index (χ0n) is 15.6. The first-order valence-electron chi connectivity index (χ1n) is 9.73. The molecule has 0 radical (unpaired) electrons. The molecule has 1 amide bonds. The average molecular weight is 365 g/mol. The molecule has 27 heavy (non-hydrogen) atoms. The number of amides is 1. The van der Waals surface area contributed by atoms with E-state index in [1.807, 2.05) is 35.2 Å². The molecule has 0 unspecified atom stereocenters. The Labute approximate surface area is 160 Å². The molecule has 2 N–H and O–H groups in total. The summed E-state index contributed by atoms with van der Waals surface area (Å²) in [6, 6.07) is 18.4. The number of hydrogen-bond donors (Lipinski definition) is 1. The molecule has 0 aromatic heterocycles. The molecule has 2 atom stereocenters. The fourth-order valence-electron chi connectivity index (χ4n) is 4.17. The van der Waals surface area contributed by atoms with Gasteiger partial charge in [-0.3, -0.25) is 4.79 Å². The molecule has 142 valence electrons. The summed E-state index contributed by atoms with van der Waals surface area (Å²) in [4.78, 5) is 17.3. The minimum absolute atomic E-state index is 0.0976. The van der Waals surface area contributed by atoms with Gasteiger partial charge < -0.3 is 20.3 Å². The highest BCUT2D eigenvalue weighted by Gasteiger charge is 2.35. The second-order valence-electron chi connectivity index (χ2n) is 7.37. The Balaban J connectivity index is 1.46. The molecule has 0 spiro atoms. The van der Waals surface area contributed by atoms with Crippen LogP contribution in [0.3, 0.4) is 0 Å². The molecule has 2 aliphatic heterocycles. The summed E-state index contributed by atoms with van der Waals surface area (Å²) in [5.41, 5.74) is 9.18. The van der Waals surface area contributed by atoms with Crippen molar-refractivity contribution in [2.24, 2.45) is 11.7 Å². The van der Waals surface area contributed by atoms with E-state index in [2.05, 4.69) is 29.2 Å². The lowest BCUT2D eigenvalue weighted by Crippen LogP contribution is -2.36. The number of anilines is 1. The van der Waals surface area contributed by atoms with Crippen molar-refractivity contribution >= 4 is 11.6 Å². The van der Waals surface area contributed by atoms with E-state index in [0.29, 0.717) is 18.4 Å². The van der Waals surface area contributed by atoms with Gasteiger partial charge in [0, 0.05) is 43.3 Å².